The highest BCUT2D eigenvalue weighted by Crippen LogP contribution is 2.06. The lowest BCUT2D eigenvalue weighted by molar-refractivity contribution is 0.250. The molecule has 20 heavy (non-hydrogen) atoms. The fourth-order valence-electron chi connectivity index (χ4n) is 2.81. The summed E-state index contributed by atoms with van der Waals surface area (Å²) in [4.78, 5) is 0. The van der Waals surface area contributed by atoms with E-state index in [1.54, 1.807) is 0 Å². The summed E-state index contributed by atoms with van der Waals surface area (Å²) in [6.45, 7) is 17.8. The van der Waals surface area contributed by atoms with E-state index in [2.05, 4.69) is 76.7 Å². The molecule has 2 saturated heterocycles. The third-order valence-electron chi connectivity index (χ3n) is 5.10. The molecule has 0 aromatic carbocycles. The van der Waals surface area contributed by atoms with Crippen molar-refractivity contribution in [1.82, 2.24) is 21.3 Å². The first-order valence-corrected chi connectivity index (χ1v) is 8.26. The number of hydrogen-bond acceptors (Lipinski definition) is 4. The van der Waals surface area contributed by atoms with E-state index in [4.69, 9.17) is 0 Å². The first kappa shape index (κ1) is 17.9. The Balaban J connectivity index is 0.000000200. The van der Waals surface area contributed by atoms with Gasteiger partial charge in [0.2, 0.25) is 0 Å². The topological polar surface area (TPSA) is 48.1 Å². The van der Waals surface area contributed by atoms with E-state index in [0.717, 1.165) is 0 Å². The van der Waals surface area contributed by atoms with Gasteiger partial charge in [-0.15, -0.1) is 0 Å². The molecule has 2 heterocycles. The maximum atomic E-state index is 3.52. The zero-order valence-electron chi connectivity index (χ0n) is 14.6. The van der Waals surface area contributed by atoms with Gasteiger partial charge >= 0.3 is 0 Å². The van der Waals surface area contributed by atoms with Crippen LogP contribution in [-0.2, 0) is 0 Å². The fourth-order valence-corrected chi connectivity index (χ4v) is 2.81. The molecule has 0 saturated carbocycles. The van der Waals surface area contributed by atoms with Crippen molar-refractivity contribution in [2.45, 2.75) is 104 Å². The maximum Gasteiger partial charge on any atom is 0.0193 e. The Morgan fingerprint density at radius 3 is 0.500 bits per heavy atom. The van der Waals surface area contributed by atoms with E-state index in [0.29, 0.717) is 48.3 Å². The molecule has 2 aliphatic heterocycles. The summed E-state index contributed by atoms with van der Waals surface area (Å²) in [6.07, 6.45) is 0. The Labute approximate surface area is 125 Å². The Bertz CT molecular complexity index is 204. The fraction of sp³-hybridized carbons (Fsp3) is 1.00. The SMILES string of the molecule is CC1NC(C)C(C)NC1C.CC1NC(C)C(C)NC1C. The van der Waals surface area contributed by atoms with Gasteiger partial charge in [-0.3, -0.25) is 0 Å². The zero-order chi connectivity index (χ0) is 15.4. The number of rotatable bonds is 0. The van der Waals surface area contributed by atoms with Crippen molar-refractivity contribution in [3.05, 3.63) is 0 Å². The summed E-state index contributed by atoms with van der Waals surface area (Å²) in [5.74, 6) is 0. The van der Waals surface area contributed by atoms with E-state index in [-0.39, 0.29) is 0 Å². The van der Waals surface area contributed by atoms with Crippen LogP contribution in [0.3, 0.4) is 0 Å². The minimum atomic E-state index is 0.603. The lowest BCUT2D eigenvalue weighted by Crippen LogP contribution is -2.62. The highest BCUT2D eigenvalue weighted by Gasteiger charge is 2.26. The monoisotopic (exact) mass is 284 g/mol. The Morgan fingerprint density at radius 2 is 0.400 bits per heavy atom. The molecular formula is C16H36N4. The number of piperazine rings is 2. The van der Waals surface area contributed by atoms with Gasteiger partial charge in [0, 0.05) is 48.3 Å². The molecule has 0 amide bonds. The summed E-state index contributed by atoms with van der Waals surface area (Å²) in [5.41, 5.74) is 0. The largest absolute Gasteiger partial charge is 0.309 e. The van der Waals surface area contributed by atoms with Gasteiger partial charge in [0.1, 0.15) is 0 Å². The molecule has 2 fully saturated rings. The van der Waals surface area contributed by atoms with Crippen LogP contribution < -0.4 is 21.3 Å². The van der Waals surface area contributed by atoms with Crippen LogP contribution in [0.15, 0.2) is 0 Å². The predicted octanol–water partition coefficient (Wildman–Crippen LogP) is 1.47. The van der Waals surface area contributed by atoms with E-state index < -0.39 is 0 Å². The van der Waals surface area contributed by atoms with Crippen LogP contribution in [0, 0.1) is 0 Å². The first-order chi connectivity index (χ1) is 9.22. The van der Waals surface area contributed by atoms with Crippen LogP contribution >= 0.6 is 0 Å². The molecule has 0 aromatic rings. The Hall–Kier alpha value is -0.160. The predicted molar refractivity (Wildman–Crippen MR) is 88.2 cm³/mol. The molecule has 8 unspecified atom stereocenters. The van der Waals surface area contributed by atoms with Gasteiger partial charge < -0.3 is 21.3 Å². The molecule has 0 bridgehead atoms. The van der Waals surface area contributed by atoms with Crippen LogP contribution in [0.5, 0.6) is 0 Å². The van der Waals surface area contributed by atoms with Crippen molar-refractivity contribution in [2.24, 2.45) is 0 Å². The maximum absolute atomic E-state index is 3.52. The van der Waals surface area contributed by atoms with Gasteiger partial charge in [0.05, 0.1) is 0 Å². The number of nitrogens with one attached hydrogen (secondary N) is 4. The second-order valence-corrected chi connectivity index (χ2v) is 6.98. The lowest BCUT2D eigenvalue weighted by Gasteiger charge is -2.38. The highest BCUT2D eigenvalue weighted by atomic mass is 15.1. The van der Waals surface area contributed by atoms with Crippen LogP contribution in [0.25, 0.3) is 0 Å². The molecule has 0 spiro atoms. The summed E-state index contributed by atoms with van der Waals surface area (Å²) in [6, 6.07) is 4.82. The summed E-state index contributed by atoms with van der Waals surface area (Å²) < 4.78 is 0. The standard InChI is InChI=1S/2C8H18N2/c2*1-5-6(2)10-8(4)7(3)9-5/h2*5-10H,1-4H3. The van der Waals surface area contributed by atoms with E-state index in [9.17, 15) is 0 Å². The lowest BCUT2D eigenvalue weighted by atomic mass is 10.0. The van der Waals surface area contributed by atoms with Crippen LogP contribution in [0.4, 0.5) is 0 Å². The van der Waals surface area contributed by atoms with Crippen molar-refractivity contribution in [3.8, 4) is 0 Å². The molecular weight excluding hydrogens is 248 g/mol. The van der Waals surface area contributed by atoms with Crippen molar-refractivity contribution in [3.63, 3.8) is 0 Å². The van der Waals surface area contributed by atoms with Crippen LogP contribution in [-0.4, -0.2) is 48.3 Å². The zero-order valence-corrected chi connectivity index (χ0v) is 14.6. The van der Waals surface area contributed by atoms with E-state index in [1.165, 1.54) is 0 Å². The molecule has 4 nitrogen and oxygen atoms in total. The summed E-state index contributed by atoms with van der Waals surface area (Å²) in [7, 11) is 0. The quantitative estimate of drug-likeness (QED) is 0.544. The molecule has 4 heteroatoms. The molecule has 8 atom stereocenters. The minimum Gasteiger partial charge on any atom is -0.309 e. The van der Waals surface area contributed by atoms with E-state index in [1.807, 2.05) is 0 Å². The second-order valence-electron chi connectivity index (χ2n) is 6.98. The Morgan fingerprint density at radius 1 is 0.300 bits per heavy atom. The van der Waals surface area contributed by atoms with Gasteiger partial charge in [-0.05, 0) is 55.4 Å². The molecule has 4 N–H and O–H groups in total. The van der Waals surface area contributed by atoms with E-state index >= 15 is 0 Å². The summed E-state index contributed by atoms with van der Waals surface area (Å²) >= 11 is 0. The molecule has 0 radical (unpaired) electrons. The van der Waals surface area contributed by atoms with Crippen molar-refractivity contribution < 1.29 is 0 Å². The third-order valence-corrected chi connectivity index (χ3v) is 5.10. The average molecular weight is 284 g/mol. The minimum absolute atomic E-state index is 0.603. The average Bonchev–Trinajstić information content (AvgIpc) is 2.35. The first-order valence-electron chi connectivity index (χ1n) is 8.26. The van der Waals surface area contributed by atoms with Gasteiger partial charge in [-0.2, -0.15) is 0 Å². The normalized spacial score (nSPS) is 49.2. The molecule has 2 rings (SSSR count). The summed E-state index contributed by atoms with van der Waals surface area (Å²) in [5, 5.41) is 14.1. The molecule has 120 valence electrons. The van der Waals surface area contributed by atoms with Crippen molar-refractivity contribution in [2.75, 3.05) is 0 Å². The second kappa shape index (κ2) is 7.74. The highest BCUT2D eigenvalue weighted by molar-refractivity contribution is 4.90. The van der Waals surface area contributed by atoms with Gasteiger partial charge in [0.25, 0.3) is 0 Å². The van der Waals surface area contributed by atoms with Crippen molar-refractivity contribution in [1.29, 1.82) is 0 Å². The van der Waals surface area contributed by atoms with Crippen LogP contribution in [0.2, 0.25) is 0 Å². The van der Waals surface area contributed by atoms with Gasteiger partial charge in [-0.25, -0.2) is 0 Å². The van der Waals surface area contributed by atoms with Gasteiger partial charge in [-0.1, -0.05) is 0 Å². The molecule has 2 aliphatic rings. The smallest absolute Gasteiger partial charge is 0.0193 e. The third kappa shape index (κ3) is 4.99. The molecule has 0 aromatic heterocycles. The van der Waals surface area contributed by atoms with Crippen molar-refractivity contribution >= 4 is 0 Å². The molecule has 0 aliphatic carbocycles. The van der Waals surface area contributed by atoms with Crippen LogP contribution in [0.1, 0.15) is 55.4 Å². The Kier molecular flexibility index (Phi) is 6.92. The van der Waals surface area contributed by atoms with Gasteiger partial charge in [0.15, 0.2) is 0 Å². The number of hydrogen-bond donors (Lipinski definition) is 4.